The number of imidazole rings is 1. The van der Waals surface area contributed by atoms with E-state index < -0.39 is 18.0 Å². The van der Waals surface area contributed by atoms with Crippen molar-refractivity contribution in [3.05, 3.63) is 53.3 Å². The van der Waals surface area contributed by atoms with Gasteiger partial charge in [-0.15, -0.1) is 13.2 Å². The molecular weight excluding hydrogens is 361 g/mol. The number of benzene rings is 2. The van der Waals surface area contributed by atoms with E-state index in [0.717, 1.165) is 6.07 Å². The van der Waals surface area contributed by atoms with E-state index in [0.29, 0.717) is 22.3 Å². The van der Waals surface area contributed by atoms with Crippen molar-refractivity contribution in [3.8, 4) is 11.4 Å². The molecule has 6 nitrogen and oxygen atoms in total. The van der Waals surface area contributed by atoms with Crippen molar-refractivity contribution in [2.45, 2.75) is 6.36 Å². The van der Waals surface area contributed by atoms with Crippen LogP contribution in [0.5, 0.6) is 5.75 Å². The highest BCUT2D eigenvalue weighted by Gasteiger charge is 2.32. The standard InChI is InChI=1S/C15H10ClF3N4O2/c16-10-6-9(2-4-13(10)25-15(17,18)19)23-7-21-11-3-1-8(5-12(11)23)14(24)22-20/h1-7H,20H2,(H,22,24). The molecule has 0 unspecified atom stereocenters. The van der Waals surface area contributed by atoms with Crippen molar-refractivity contribution in [2.24, 2.45) is 5.84 Å². The van der Waals surface area contributed by atoms with Gasteiger partial charge < -0.3 is 4.74 Å². The quantitative estimate of drug-likeness (QED) is 0.421. The molecule has 0 spiro atoms. The first kappa shape index (κ1) is 17.1. The minimum absolute atomic E-state index is 0.215. The molecule has 3 N–H and O–H groups in total. The van der Waals surface area contributed by atoms with Crippen LogP contribution in [0.15, 0.2) is 42.7 Å². The molecule has 130 valence electrons. The number of aromatic nitrogens is 2. The van der Waals surface area contributed by atoms with Gasteiger partial charge in [0.05, 0.1) is 16.1 Å². The van der Waals surface area contributed by atoms with Crippen LogP contribution in [0, 0.1) is 0 Å². The van der Waals surface area contributed by atoms with Crippen LogP contribution in [0.1, 0.15) is 10.4 Å². The molecule has 0 atom stereocenters. The molecule has 0 aliphatic heterocycles. The van der Waals surface area contributed by atoms with Gasteiger partial charge in [-0.25, -0.2) is 10.8 Å². The van der Waals surface area contributed by atoms with Crippen LogP contribution in [0.3, 0.4) is 0 Å². The van der Waals surface area contributed by atoms with Crippen LogP contribution < -0.4 is 16.0 Å². The molecule has 0 aliphatic carbocycles. The Morgan fingerprint density at radius 3 is 2.64 bits per heavy atom. The van der Waals surface area contributed by atoms with Crippen molar-refractivity contribution in [1.82, 2.24) is 15.0 Å². The Morgan fingerprint density at radius 1 is 1.24 bits per heavy atom. The average Bonchev–Trinajstić information content (AvgIpc) is 2.98. The largest absolute Gasteiger partial charge is 0.573 e. The summed E-state index contributed by atoms with van der Waals surface area (Å²) in [5.41, 5.74) is 3.92. The molecule has 0 saturated heterocycles. The SMILES string of the molecule is NNC(=O)c1ccc2ncn(-c3ccc(OC(F)(F)F)c(Cl)c3)c2c1. The van der Waals surface area contributed by atoms with E-state index >= 15 is 0 Å². The first-order valence-corrected chi connectivity index (χ1v) is 7.20. The molecule has 1 amide bonds. The summed E-state index contributed by atoms with van der Waals surface area (Å²) in [5, 5.41) is -0.215. The Labute approximate surface area is 143 Å². The maximum Gasteiger partial charge on any atom is 0.573 e. The fourth-order valence-electron chi connectivity index (χ4n) is 2.29. The summed E-state index contributed by atoms with van der Waals surface area (Å²) in [6, 6.07) is 8.53. The van der Waals surface area contributed by atoms with E-state index in [1.807, 2.05) is 5.43 Å². The molecule has 25 heavy (non-hydrogen) atoms. The van der Waals surface area contributed by atoms with Crippen LogP contribution in [0.4, 0.5) is 13.2 Å². The number of nitrogen functional groups attached to an aromatic ring is 1. The van der Waals surface area contributed by atoms with Gasteiger partial charge in [0.25, 0.3) is 5.91 Å². The zero-order valence-electron chi connectivity index (χ0n) is 12.3. The molecule has 0 saturated carbocycles. The highest BCUT2D eigenvalue weighted by molar-refractivity contribution is 6.32. The number of nitrogens with two attached hydrogens (primary N) is 1. The van der Waals surface area contributed by atoms with Gasteiger partial charge in [-0.2, -0.15) is 0 Å². The average molecular weight is 371 g/mol. The van der Waals surface area contributed by atoms with Crippen molar-refractivity contribution in [1.29, 1.82) is 0 Å². The van der Waals surface area contributed by atoms with Crippen molar-refractivity contribution in [3.63, 3.8) is 0 Å². The third-order valence-electron chi connectivity index (χ3n) is 3.36. The highest BCUT2D eigenvalue weighted by atomic mass is 35.5. The second-order valence-corrected chi connectivity index (χ2v) is 5.36. The van der Waals surface area contributed by atoms with Gasteiger partial charge in [0, 0.05) is 11.3 Å². The number of carbonyl (C=O) groups is 1. The highest BCUT2D eigenvalue weighted by Crippen LogP contribution is 2.32. The monoisotopic (exact) mass is 370 g/mol. The number of hydrazine groups is 1. The summed E-state index contributed by atoms with van der Waals surface area (Å²) in [7, 11) is 0. The zero-order valence-corrected chi connectivity index (χ0v) is 13.1. The third kappa shape index (κ3) is 3.52. The summed E-state index contributed by atoms with van der Waals surface area (Å²) in [5.74, 6) is 4.12. The van der Waals surface area contributed by atoms with Crippen LogP contribution >= 0.6 is 11.6 Å². The second kappa shape index (κ2) is 6.26. The van der Waals surface area contributed by atoms with Crippen molar-refractivity contribution >= 4 is 28.5 Å². The number of rotatable bonds is 3. The molecule has 0 bridgehead atoms. The smallest absolute Gasteiger partial charge is 0.404 e. The summed E-state index contributed by atoms with van der Waals surface area (Å²) in [4.78, 5) is 15.8. The summed E-state index contributed by atoms with van der Waals surface area (Å²) in [6.45, 7) is 0. The van der Waals surface area contributed by atoms with Gasteiger partial charge in [0.15, 0.2) is 0 Å². The zero-order chi connectivity index (χ0) is 18.2. The molecule has 3 aromatic rings. The Hall–Kier alpha value is -2.78. The number of fused-ring (bicyclic) bond motifs is 1. The van der Waals surface area contributed by atoms with E-state index in [2.05, 4.69) is 9.72 Å². The van der Waals surface area contributed by atoms with Crippen LogP contribution in [-0.2, 0) is 0 Å². The van der Waals surface area contributed by atoms with Crippen molar-refractivity contribution in [2.75, 3.05) is 0 Å². The lowest BCUT2D eigenvalue weighted by Gasteiger charge is -2.12. The normalized spacial score (nSPS) is 11.6. The molecule has 10 heteroatoms. The van der Waals surface area contributed by atoms with E-state index in [-0.39, 0.29) is 5.02 Å². The van der Waals surface area contributed by atoms with E-state index in [1.54, 1.807) is 22.8 Å². The number of carbonyl (C=O) groups excluding carboxylic acids is 1. The number of nitrogens with zero attached hydrogens (tertiary/aromatic N) is 2. The number of hydrogen-bond acceptors (Lipinski definition) is 4. The lowest BCUT2D eigenvalue weighted by Crippen LogP contribution is -2.29. The Bertz CT molecular complexity index is 956. The van der Waals surface area contributed by atoms with Gasteiger partial charge >= 0.3 is 6.36 Å². The van der Waals surface area contributed by atoms with Crippen LogP contribution in [0.2, 0.25) is 5.02 Å². The minimum atomic E-state index is -4.84. The molecule has 0 aliphatic rings. The number of amides is 1. The number of alkyl halides is 3. The maximum absolute atomic E-state index is 12.3. The third-order valence-corrected chi connectivity index (χ3v) is 3.66. The maximum atomic E-state index is 12.3. The Kier molecular flexibility index (Phi) is 4.27. The first-order chi connectivity index (χ1) is 11.8. The molecule has 0 radical (unpaired) electrons. The summed E-state index contributed by atoms with van der Waals surface area (Å²) < 4.78 is 42.3. The number of nitrogens with one attached hydrogen (secondary N) is 1. The van der Waals surface area contributed by atoms with E-state index in [4.69, 9.17) is 17.4 Å². The minimum Gasteiger partial charge on any atom is -0.404 e. The van der Waals surface area contributed by atoms with Crippen molar-refractivity contribution < 1.29 is 22.7 Å². The second-order valence-electron chi connectivity index (χ2n) is 4.95. The van der Waals surface area contributed by atoms with E-state index in [1.165, 1.54) is 18.5 Å². The van der Waals surface area contributed by atoms with E-state index in [9.17, 15) is 18.0 Å². The molecule has 2 aromatic carbocycles. The predicted octanol–water partition coefficient (Wildman–Crippen LogP) is 3.18. The number of hydrogen-bond donors (Lipinski definition) is 2. The molecule has 1 aromatic heterocycles. The van der Waals surface area contributed by atoms with Gasteiger partial charge in [-0.1, -0.05) is 11.6 Å². The fraction of sp³-hybridized carbons (Fsp3) is 0.0667. The summed E-state index contributed by atoms with van der Waals surface area (Å²) in [6.07, 6.45) is -3.37. The number of ether oxygens (including phenoxy) is 1. The Morgan fingerprint density at radius 2 is 2.00 bits per heavy atom. The topological polar surface area (TPSA) is 82.2 Å². The molecule has 3 rings (SSSR count). The molecule has 1 heterocycles. The molecular formula is C15H10ClF3N4O2. The first-order valence-electron chi connectivity index (χ1n) is 6.82. The Balaban J connectivity index is 2.04. The van der Waals surface area contributed by atoms with Gasteiger partial charge in [0.2, 0.25) is 0 Å². The summed E-state index contributed by atoms with van der Waals surface area (Å²) >= 11 is 5.87. The fourth-order valence-corrected chi connectivity index (χ4v) is 2.50. The van der Waals surface area contributed by atoms with Crippen LogP contribution in [0.25, 0.3) is 16.7 Å². The predicted molar refractivity (Wildman–Crippen MR) is 84.4 cm³/mol. The van der Waals surface area contributed by atoms with Gasteiger partial charge in [-0.3, -0.25) is 14.8 Å². The number of halogens is 4. The van der Waals surface area contributed by atoms with Crippen LogP contribution in [-0.4, -0.2) is 21.8 Å². The molecule has 0 fully saturated rings. The lowest BCUT2D eigenvalue weighted by atomic mass is 10.2. The van der Waals surface area contributed by atoms with Gasteiger partial charge in [-0.05, 0) is 36.4 Å². The van der Waals surface area contributed by atoms with Gasteiger partial charge in [0.1, 0.15) is 12.1 Å². The lowest BCUT2D eigenvalue weighted by molar-refractivity contribution is -0.274.